The molecule has 0 bridgehead atoms. The van der Waals surface area contributed by atoms with E-state index in [1.807, 2.05) is 16.8 Å². The fraction of sp³-hybridized carbons (Fsp3) is 0.286. The van der Waals surface area contributed by atoms with Gasteiger partial charge in [0.05, 0.1) is 30.0 Å². The average Bonchev–Trinajstić information content (AvgIpc) is 2.99. The minimum Gasteiger partial charge on any atom is -0.346 e. The van der Waals surface area contributed by atoms with Crippen molar-refractivity contribution in [2.45, 2.75) is 12.8 Å². The van der Waals surface area contributed by atoms with Gasteiger partial charge < -0.3 is 11.1 Å². The van der Waals surface area contributed by atoms with Crippen LogP contribution in [-0.4, -0.2) is 29.9 Å². The molecule has 0 aliphatic rings. The van der Waals surface area contributed by atoms with Crippen molar-refractivity contribution in [1.29, 1.82) is 0 Å². The highest BCUT2D eigenvalue weighted by Gasteiger charge is 2.27. The monoisotopic (exact) mass is 383 g/mol. The Morgan fingerprint density at radius 1 is 1.35 bits per heavy atom. The summed E-state index contributed by atoms with van der Waals surface area (Å²) in [6, 6.07) is 5.21. The zero-order valence-corrected chi connectivity index (χ0v) is 14.7. The molecule has 0 aliphatic heterocycles. The van der Waals surface area contributed by atoms with Crippen LogP contribution in [-0.2, 0) is 0 Å². The van der Waals surface area contributed by atoms with Crippen LogP contribution >= 0.6 is 36.2 Å². The SMILES string of the molecule is Cc1nc(-c2ccsc2)ccc1C(=O)NCC(F)(F)CN.Cl.Cl. The van der Waals surface area contributed by atoms with Gasteiger partial charge in [0.15, 0.2) is 0 Å². The number of nitrogens with one attached hydrogen (secondary N) is 1. The van der Waals surface area contributed by atoms with E-state index in [9.17, 15) is 13.6 Å². The minimum absolute atomic E-state index is 0. The first kappa shape index (κ1) is 21.7. The van der Waals surface area contributed by atoms with Crippen LogP contribution in [0.3, 0.4) is 0 Å². The van der Waals surface area contributed by atoms with Crippen molar-refractivity contribution < 1.29 is 13.6 Å². The van der Waals surface area contributed by atoms with Crippen LogP contribution in [0, 0.1) is 6.92 Å². The maximum absolute atomic E-state index is 13.0. The van der Waals surface area contributed by atoms with Crippen molar-refractivity contribution in [3.8, 4) is 11.3 Å². The maximum Gasteiger partial charge on any atom is 0.277 e. The van der Waals surface area contributed by atoms with Crippen LogP contribution in [0.15, 0.2) is 29.0 Å². The first-order valence-corrected chi connectivity index (χ1v) is 7.23. The number of alkyl halides is 2. The molecule has 0 fully saturated rings. The number of halogens is 4. The van der Waals surface area contributed by atoms with Gasteiger partial charge in [-0.25, -0.2) is 8.78 Å². The van der Waals surface area contributed by atoms with Crippen LogP contribution in [0.1, 0.15) is 16.1 Å². The molecular formula is C14H17Cl2F2N3OS. The first-order valence-electron chi connectivity index (χ1n) is 6.29. The van der Waals surface area contributed by atoms with Crippen LogP contribution in [0.2, 0.25) is 0 Å². The lowest BCUT2D eigenvalue weighted by atomic mass is 10.1. The Morgan fingerprint density at radius 3 is 2.57 bits per heavy atom. The summed E-state index contributed by atoms with van der Waals surface area (Å²) in [5.74, 6) is -3.68. The first-order chi connectivity index (χ1) is 9.93. The average molecular weight is 384 g/mol. The molecule has 23 heavy (non-hydrogen) atoms. The lowest BCUT2D eigenvalue weighted by molar-refractivity contribution is 0.0118. The summed E-state index contributed by atoms with van der Waals surface area (Å²) < 4.78 is 26.1. The zero-order valence-electron chi connectivity index (χ0n) is 12.2. The molecule has 0 spiro atoms. The zero-order chi connectivity index (χ0) is 15.5. The summed E-state index contributed by atoms with van der Waals surface area (Å²) in [5, 5.41) is 6.06. The highest BCUT2D eigenvalue weighted by Crippen LogP contribution is 2.21. The van der Waals surface area contributed by atoms with Crippen molar-refractivity contribution in [2.24, 2.45) is 5.73 Å². The molecule has 0 aliphatic carbocycles. The van der Waals surface area contributed by atoms with Crippen molar-refractivity contribution >= 4 is 42.1 Å². The van der Waals surface area contributed by atoms with Crippen molar-refractivity contribution in [3.63, 3.8) is 0 Å². The maximum atomic E-state index is 13.0. The molecule has 0 saturated heterocycles. The van der Waals surface area contributed by atoms with Gasteiger partial charge in [0, 0.05) is 10.9 Å². The smallest absolute Gasteiger partial charge is 0.277 e. The minimum atomic E-state index is -3.10. The molecule has 3 N–H and O–H groups in total. The number of nitrogens with zero attached hydrogens (tertiary/aromatic N) is 1. The van der Waals surface area contributed by atoms with Gasteiger partial charge in [0.2, 0.25) is 0 Å². The van der Waals surface area contributed by atoms with E-state index in [-0.39, 0.29) is 30.4 Å². The van der Waals surface area contributed by atoms with E-state index < -0.39 is 24.9 Å². The van der Waals surface area contributed by atoms with Crippen LogP contribution in [0.5, 0.6) is 0 Å². The number of rotatable bonds is 5. The molecule has 0 radical (unpaired) electrons. The second kappa shape index (κ2) is 9.12. The van der Waals surface area contributed by atoms with E-state index >= 15 is 0 Å². The van der Waals surface area contributed by atoms with E-state index in [4.69, 9.17) is 5.73 Å². The summed E-state index contributed by atoms with van der Waals surface area (Å²) in [7, 11) is 0. The van der Waals surface area contributed by atoms with E-state index in [1.54, 1.807) is 30.4 Å². The Kier molecular flexibility index (Phi) is 8.61. The third-order valence-corrected chi connectivity index (χ3v) is 3.64. The number of pyridine rings is 1. The summed E-state index contributed by atoms with van der Waals surface area (Å²) in [6.45, 7) is 0.0848. The largest absolute Gasteiger partial charge is 0.346 e. The lowest BCUT2D eigenvalue weighted by Crippen LogP contribution is -2.41. The van der Waals surface area contributed by atoms with Gasteiger partial charge in [0.1, 0.15) is 0 Å². The fourth-order valence-electron chi connectivity index (χ4n) is 1.75. The van der Waals surface area contributed by atoms with Crippen molar-refractivity contribution in [2.75, 3.05) is 13.1 Å². The van der Waals surface area contributed by atoms with Gasteiger partial charge in [-0.1, -0.05) is 0 Å². The molecule has 0 saturated carbocycles. The molecule has 2 rings (SSSR count). The van der Waals surface area contributed by atoms with E-state index in [1.165, 1.54) is 0 Å². The molecule has 0 atom stereocenters. The Bertz CT molecular complexity index is 639. The predicted octanol–water partition coefficient (Wildman–Crippen LogP) is 3.29. The van der Waals surface area contributed by atoms with Gasteiger partial charge >= 0.3 is 0 Å². The second-order valence-corrected chi connectivity index (χ2v) is 5.36. The second-order valence-electron chi connectivity index (χ2n) is 4.58. The van der Waals surface area contributed by atoms with Crippen molar-refractivity contribution in [1.82, 2.24) is 10.3 Å². The highest BCUT2D eigenvalue weighted by molar-refractivity contribution is 7.08. The highest BCUT2D eigenvalue weighted by atomic mass is 35.5. The Labute approximate surface area is 149 Å². The Balaban J connectivity index is 0.00000242. The van der Waals surface area contributed by atoms with Gasteiger partial charge in [0.25, 0.3) is 11.8 Å². The van der Waals surface area contributed by atoms with Crippen molar-refractivity contribution in [3.05, 3.63) is 40.2 Å². The molecule has 9 heteroatoms. The standard InChI is InChI=1S/C14H15F2N3OS.2ClH/c1-9-11(13(20)18-8-14(15,16)7-17)2-3-12(19-9)10-4-5-21-6-10;;/h2-6H,7-8,17H2,1H3,(H,18,20);2*1H. The summed E-state index contributed by atoms with van der Waals surface area (Å²) in [4.78, 5) is 16.2. The summed E-state index contributed by atoms with van der Waals surface area (Å²) in [6.07, 6.45) is 0. The normalized spacial score (nSPS) is 10.4. The third kappa shape index (κ3) is 5.69. The number of hydrogen-bond acceptors (Lipinski definition) is 4. The molecule has 0 unspecified atom stereocenters. The molecule has 2 aromatic rings. The molecule has 1 amide bonds. The van der Waals surface area contributed by atoms with Gasteiger partial charge in [-0.3, -0.25) is 9.78 Å². The topological polar surface area (TPSA) is 68.0 Å². The summed E-state index contributed by atoms with van der Waals surface area (Å²) >= 11 is 1.55. The number of nitrogens with two attached hydrogens (primary N) is 1. The number of aromatic nitrogens is 1. The van der Waals surface area contributed by atoms with Crippen LogP contribution < -0.4 is 11.1 Å². The summed E-state index contributed by atoms with van der Waals surface area (Å²) in [5.41, 5.74) is 7.41. The van der Waals surface area contributed by atoms with Gasteiger partial charge in [-0.05, 0) is 30.5 Å². The lowest BCUT2D eigenvalue weighted by Gasteiger charge is -2.15. The number of carbonyl (C=O) groups excluding carboxylic acids is 1. The number of amides is 1. The molecule has 128 valence electrons. The number of carbonyl (C=O) groups is 1. The Hall–Kier alpha value is -1.28. The van der Waals surface area contributed by atoms with Crippen LogP contribution in [0.4, 0.5) is 8.78 Å². The van der Waals surface area contributed by atoms with E-state index in [0.717, 1.165) is 11.3 Å². The fourth-order valence-corrected chi connectivity index (χ4v) is 2.40. The quantitative estimate of drug-likeness (QED) is 0.832. The van der Waals surface area contributed by atoms with E-state index in [2.05, 4.69) is 10.3 Å². The Morgan fingerprint density at radius 2 is 2.04 bits per heavy atom. The number of aryl methyl sites for hydroxylation is 1. The molecule has 0 aromatic carbocycles. The molecule has 2 heterocycles. The van der Waals surface area contributed by atoms with Gasteiger partial charge in [-0.2, -0.15) is 11.3 Å². The number of hydrogen-bond donors (Lipinski definition) is 2. The molecule has 4 nitrogen and oxygen atoms in total. The van der Waals surface area contributed by atoms with Crippen LogP contribution in [0.25, 0.3) is 11.3 Å². The van der Waals surface area contributed by atoms with E-state index in [0.29, 0.717) is 5.69 Å². The number of thiophene rings is 1. The third-order valence-electron chi connectivity index (χ3n) is 2.95. The van der Waals surface area contributed by atoms with Gasteiger partial charge in [-0.15, -0.1) is 24.8 Å². The molecular weight excluding hydrogens is 367 g/mol. The predicted molar refractivity (Wildman–Crippen MR) is 93.1 cm³/mol. The molecule has 2 aromatic heterocycles.